The van der Waals surface area contributed by atoms with Crippen molar-refractivity contribution in [3.8, 4) is 0 Å². The molecule has 18 heavy (non-hydrogen) atoms. The third-order valence-corrected chi connectivity index (χ3v) is 2.67. The zero-order chi connectivity index (χ0) is 13.9. The van der Waals surface area contributed by atoms with Gasteiger partial charge in [-0.25, -0.2) is 4.79 Å². The maximum absolute atomic E-state index is 12.0. The van der Waals surface area contributed by atoms with E-state index >= 15 is 0 Å². The highest BCUT2D eigenvalue weighted by Gasteiger charge is 2.36. The van der Waals surface area contributed by atoms with Gasteiger partial charge >= 0.3 is 12.7 Å². The molecule has 1 fully saturated rings. The lowest BCUT2D eigenvalue weighted by molar-refractivity contribution is -0.138. The summed E-state index contributed by atoms with van der Waals surface area (Å²) in [6, 6.07) is -0.330. The molecule has 0 bridgehead atoms. The molecule has 1 aliphatic heterocycles. The van der Waals surface area contributed by atoms with E-state index in [0.29, 0.717) is 13.0 Å². The quantitative estimate of drug-likeness (QED) is 0.787. The second kappa shape index (κ2) is 5.82. The lowest BCUT2D eigenvalue weighted by atomic mass is 10.1. The Bertz CT molecular complexity index is 292. The fourth-order valence-corrected chi connectivity index (χ4v) is 2.04. The molecule has 0 aromatic rings. The third kappa shape index (κ3) is 4.76. The van der Waals surface area contributed by atoms with E-state index in [1.165, 1.54) is 4.90 Å². The van der Waals surface area contributed by atoms with Crippen LogP contribution in [0.4, 0.5) is 13.6 Å². The number of rotatable bonds is 3. The zero-order valence-corrected chi connectivity index (χ0v) is 11.3. The van der Waals surface area contributed by atoms with Crippen LogP contribution in [0, 0.1) is 5.92 Å². The molecule has 0 radical (unpaired) electrons. The number of alkyl halides is 2. The molecular formula is C12H21F2NO3. The van der Waals surface area contributed by atoms with Crippen LogP contribution in [0.25, 0.3) is 0 Å². The molecule has 0 saturated carbocycles. The van der Waals surface area contributed by atoms with E-state index in [4.69, 9.17) is 4.74 Å². The van der Waals surface area contributed by atoms with Gasteiger partial charge in [0.25, 0.3) is 0 Å². The van der Waals surface area contributed by atoms with Gasteiger partial charge in [0, 0.05) is 6.54 Å². The highest BCUT2D eigenvalue weighted by molar-refractivity contribution is 5.69. The van der Waals surface area contributed by atoms with Crippen LogP contribution in [0.15, 0.2) is 0 Å². The monoisotopic (exact) mass is 265 g/mol. The van der Waals surface area contributed by atoms with Crippen molar-refractivity contribution >= 4 is 6.09 Å². The standard InChI is InChI=1S/C12H21F2NO3/c1-8-5-9(7-17-10(13)14)15(6-8)11(16)18-12(2,3)4/h8-10H,5-7H2,1-4H3/t8-,9-/m1/s1. The summed E-state index contributed by atoms with van der Waals surface area (Å²) < 4.78 is 33.6. The number of amides is 1. The fraction of sp³-hybridized carbons (Fsp3) is 0.917. The Morgan fingerprint density at radius 2 is 2.06 bits per heavy atom. The molecule has 0 aromatic carbocycles. The van der Waals surface area contributed by atoms with Crippen molar-refractivity contribution in [3.05, 3.63) is 0 Å². The van der Waals surface area contributed by atoms with E-state index in [-0.39, 0.29) is 18.6 Å². The van der Waals surface area contributed by atoms with Gasteiger partial charge in [-0.2, -0.15) is 8.78 Å². The van der Waals surface area contributed by atoms with Gasteiger partial charge in [-0.15, -0.1) is 0 Å². The van der Waals surface area contributed by atoms with Gasteiger partial charge in [-0.05, 0) is 33.1 Å². The Kier molecular flexibility index (Phi) is 4.90. The van der Waals surface area contributed by atoms with Crippen molar-refractivity contribution < 1.29 is 23.0 Å². The van der Waals surface area contributed by atoms with Gasteiger partial charge in [-0.3, -0.25) is 0 Å². The van der Waals surface area contributed by atoms with Crippen LogP contribution in [0.5, 0.6) is 0 Å². The molecule has 0 spiro atoms. The van der Waals surface area contributed by atoms with Crippen molar-refractivity contribution in [2.75, 3.05) is 13.2 Å². The van der Waals surface area contributed by atoms with E-state index in [0.717, 1.165) is 0 Å². The molecule has 6 heteroatoms. The smallest absolute Gasteiger partial charge is 0.410 e. The van der Waals surface area contributed by atoms with Crippen LogP contribution in [0.3, 0.4) is 0 Å². The first-order chi connectivity index (χ1) is 8.19. The fourth-order valence-electron chi connectivity index (χ4n) is 2.04. The number of carbonyl (C=O) groups is 1. The first-order valence-electron chi connectivity index (χ1n) is 6.08. The van der Waals surface area contributed by atoms with Gasteiger partial charge in [-0.1, -0.05) is 6.92 Å². The number of likely N-dealkylation sites (tertiary alicyclic amines) is 1. The van der Waals surface area contributed by atoms with Gasteiger partial charge in [0.1, 0.15) is 5.60 Å². The molecular weight excluding hydrogens is 244 g/mol. The van der Waals surface area contributed by atoms with Crippen LogP contribution in [-0.4, -0.2) is 42.4 Å². The van der Waals surface area contributed by atoms with Crippen LogP contribution in [0.2, 0.25) is 0 Å². The summed E-state index contributed by atoms with van der Waals surface area (Å²) in [5.41, 5.74) is -0.586. The molecule has 0 aliphatic carbocycles. The maximum atomic E-state index is 12.0. The molecule has 1 aliphatic rings. The molecule has 0 aromatic heterocycles. The molecule has 0 N–H and O–H groups in total. The second-order valence-electron chi connectivity index (χ2n) is 5.72. The van der Waals surface area contributed by atoms with Crippen molar-refractivity contribution in [1.29, 1.82) is 0 Å². The number of carbonyl (C=O) groups excluding carboxylic acids is 1. The number of hydrogen-bond donors (Lipinski definition) is 0. The topological polar surface area (TPSA) is 38.8 Å². The minimum atomic E-state index is -2.80. The average molecular weight is 265 g/mol. The van der Waals surface area contributed by atoms with Crippen LogP contribution in [-0.2, 0) is 9.47 Å². The van der Waals surface area contributed by atoms with Crippen molar-refractivity contribution in [2.45, 2.75) is 52.4 Å². The lowest BCUT2D eigenvalue weighted by Crippen LogP contribution is -2.42. The Morgan fingerprint density at radius 1 is 1.44 bits per heavy atom. The molecule has 1 rings (SSSR count). The summed E-state index contributed by atoms with van der Waals surface area (Å²) in [7, 11) is 0. The maximum Gasteiger partial charge on any atom is 0.410 e. The molecule has 1 amide bonds. The summed E-state index contributed by atoms with van der Waals surface area (Å²) in [4.78, 5) is 13.4. The Labute approximate surface area is 106 Å². The highest BCUT2D eigenvalue weighted by Crippen LogP contribution is 2.25. The Balaban J connectivity index is 2.58. The molecule has 1 saturated heterocycles. The van der Waals surface area contributed by atoms with Crippen molar-refractivity contribution in [1.82, 2.24) is 4.90 Å². The van der Waals surface area contributed by atoms with Crippen LogP contribution < -0.4 is 0 Å². The number of hydrogen-bond acceptors (Lipinski definition) is 3. The van der Waals surface area contributed by atoms with E-state index in [1.54, 1.807) is 20.8 Å². The van der Waals surface area contributed by atoms with Crippen LogP contribution in [0.1, 0.15) is 34.1 Å². The average Bonchev–Trinajstić information content (AvgIpc) is 2.54. The first-order valence-corrected chi connectivity index (χ1v) is 6.08. The number of halogens is 2. The van der Waals surface area contributed by atoms with Crippen molar-refractivity contribution in [3.63, 3.8) is 0 Å². The van der Waals surface area contributed by atoms with E-state index in [1.807, 2.05) is 6.92 Å². The van der Waals surface area contributed by atoms with Gasteiger partial charge in [0.2, 0.25) is 0 Å². The first kappa shape index (κ1) is 15.1. The predicted molar refractivity (Wildman–Crippen MR) is 62.5 cm³/mol. The molecule has 1 heterocycles. The zero-order valence-electron chi connectivity index (χ0n) is 11.3. The van der Waals surface area contributed by atoms with Gasteiger partial charge in [0.15, 0.2) is 0 Å². The summed E-state index contributed by atoms with van der Waals surface area (Å²) >= 11 is 0. The van der Waals surface area contributed by atoms with Gasteiger partial charge < -0.3 is 14.4 Å². The van der Waals surface area contributed by atoms with E-state index in [2.05, 4.69) is 4.74 Å². The normalized spacial score (nSPS) is 24.7. The molecule has 4 nitrogen and oxygen atoms in total. The summed E-state index contributed by atoms with van der Waals surface area (Å²) in [5, 5.41) is 0. The van der Waals surface area contributed by atoms with E-state index < -0.39 is 18.3 Å². The minimum Gasteiger partial charge on any atom is -0.444 e. The van der Waals surface area contributed by atoms with E-state index in [9.17, 15) is 13.6 Å². The third-order valence-electron chi connectivity index (χ3n) is 2.67. The number of nitrogens with zero attached hydrogens (tertiary/aromatic N) is 1. The highest BCUT2D eigenvalue weighted by atomic mass is 19.3. The summed E-state index contributed by atoms with van der Waals surface area (Å²) in [5.74, 6) is 0.267. The summed E-state index contributed by atoms with van der Waals surface area (Å²) in [6.45, 7) is 4.85. The second-order valence-corrected chi connectivity index (χ2v) is 5.72. The van der Waals surface area contributed by atoms with Gasteiger partial charge in [0.05, 0.1) is 12.6 Å². The van der Waals surface area contributed by atoms with Crippen molar-refractivity contribution in [2.24, 2.45) is 5.92 Å². The minimum absolute atomic E-state index is 0.152. The molecule has 2 atom stereocenters. The largest absolute Gasteiger partial charge is 0.444 e. The predicted octanol–water partition coefficient (Wildman–Crippen LogP) is 2.87. The lowest BCUT2D eigenvalue weighted by Gasteiger charge is -2.28. The molecule has 106 valence electrons. The Morgan fingerprint density at radius 3 is 2.56 bits per heavy atom. The summed E-state index contributed by atoms with van der Waals surface area (Å²) in [6.07, 6.45) is 0.195. The van der Waals surface area contributed by atoms with Crippen LogP contribution >= 0.6 is 0 Å². The Hall–Kier alpha value is -0.910. The SMILES string of the molecule is C[C@@H]1C[C@H](COC(F)F)N(C(=O)OC(C)(C)C)C1. The number of ether oxygens (including phenoxy) is 2. The molecule has 0 unspecified atom stereocenters.